The van der Waals surface area contributed by atoms with Crippen molar-refractivity contribution in [1.29, 1.82) is 0 Å². The van der Waals surface area contributed by atoms with Crippen molar-refractivity contribution in [3.8, 4) is 5.75 Å². The normalized spacial score (nSPS) is 12.6. The van der Waals surface area contributed by atoms with E-state index in [9.17, 15) is 5.11 Å². The van der Waals surface area contributed by atoms with E-state index >= 15 is 0 Å². The number of hydrogen-bond donors (Lipinski definition) is 2. The molecular weight excluding hydrogens is 262 g/mol. The van der Waals surface area contributed by atoms with Gasteiger partial charge in [0, 0.05) is 30.9 Å². The second kappa shape index (κ2) is 6.76. The topological polar surface area (TPSA) is 50.1 Å². The number of aromatic hydroxyl groups is 1. The molecule has 0 amide bonds. The van der Waals surface area contributed by atoms with Gasteiger partial charge in [-0.3, -0.25) is 4.68 Å². The van der Waals surface area contributed by atoms with Crippen LogP contribution in [0.25, 0.3) is 0 Å². The molecule has 0 bridgehead atoms. The van der Waals surface area contributed by atoms with Crippen molar-refractivity contribution >= 4 is 0 Å². The minimum Gasteiger partial charge on any atom is -0.508 e. The lowest BCUT2D eigenvalue weighted by atomic mass is 10.1. The second-order valence-electron chi connectivity index (χ2n) is 5.76. The van der Waals surface area contributed by atoms with Gasteiger partial charge >= 0.3 is 0 Å². The molecule has 2 aromatic rings. The Labute approximate surface area is 126 Å². The van der Waals surface area contributed by atoms with Crippen molar-refractivity contribution < 1.29 is 5.11 Å². The molecule has 0 saturated heterocycles. The van der Waals surface area contributed by atoms with Crippen molar-refractivity contribution in [2.24, 2.45) is 7.05 Å². The largest absolute Gasteiger partial charge is 0.508 e. The monoisotopic (exact) mass is 287 g/mol. The third kappa shape index (κ3) is 4.08. The van der Waals surface area contributed by atoms with Crippen molar-refractivity contribution in [3.63, 3.8) is 0 Å². The molecule has 1 heterocycles. The van der Waals surface area contributed by atoms with Gasteiger partial charge in [0.2, 0.25) is 0 Å². The van der Waals surface area contributed by atoms with Crippen LogP contribution < -0.4 is 5.32 Å². The van der Waals surface area contributed by atoms with Crippen molar-refractivity contribution in [3.05, 3.63) is 46.8 Å². The summed E-state index contributed by atoms with van der Waals surface area (Å²) in [5.74, 6) is 0.326. The third-order valence-corrected chi connectivity index (χ3v) is 4.09. The Hall–Kier alpha value is -1.81. The molecule has 0 fully saturated rings. The summed E-state index contributed by atoms with van der Waals surface area (Å²) in [6, 6.07) is 7.90. The summed E-state index contributed by atoms with van der Waals surface area (Å²) in [5, 5.41) is 17.3. The molecule has 0 aliphatic heterocycles. The minimum absolute atomic E-state index is 0.326. The van der Waals surface area contributed by atoms with Gasteiger partial charge in [0.25, 0.3) is 0 Å². The predicted octanol–water partition coefficient (Wildman–Crippen LogP) is 2.85. The zero-order chi connectivity index (χ0) is 15.4. The molecule has 114 valence electrons. The number of phenols is 1. The van der Waals surface area contributed by atoms with Crippen molar-refractivity contribution in [2.45, 2.75) is 46.2 Å². The third-order valence-electron chi connectivity index (χ3n) is 4.09. The van der Waals surface area contributed by atoms with Gasteiger partial charge in [-0.05, 0) is 51.3 Å². The quantitative estimate of drug-likeness (QED) is 0.859. The molecule has 4 heteroatoms. The number of benzene rings is 1. The van der Waals surface area contributed by atoms with E-state index in [0.29, 0.717) is 11.8 Å². The summed E-state index contributed by atoms with van der Waals surface area (Å²) in [4.78, 5) is 0. The van der Waals surface area contributed by atoms with Crippen molar-refractivity contribution in [2.75, 3.05) is 0 Å². The molecule has 2 rings (SSSR count). The molecule has 4 nitrogen and oxygen atoms in total. The first-order valence-electron chi connectivity index (χ1n) is 7.47. The average molecular weight is 287 g/mol. The molecule has 1 aromatic heterocycles. The van der Waals surface area contributed by atoms with Gasteiger partial charge in [-0.25, -0.2) is 0 Å². The summed E-state index contributed by atoms with van der Waals surface area (Å²) in [7, 11) is 1.99. The lowest BCUT2D eigenvalue weighted by Gasteiger charge is -2.14. The van der Waals surface area contributed by atoms with E-state index in [2.05, 4.69) is 31.2 Å². The van der Waals surface area contributed by atoms with E-state index in [0.717, 1.165) is 25.1 Å². The maximum absolute atomic E-state index is 9.28. The van der Waals surface area contributed by atoms with Gasteiger partial charge in [-0.1, -0.05) is 12.1 Å². The standard InChI is InChI=1S/C17H25N3O/c1-12(5-6-15-7-9-16(21)10-8-15)18-11-17-13(2)19-20(4)14(17)3/h7-10,12,18,21H,5-6,11H2,1-4H3. The first kappa shape index (κ1) is 15.6. The van der Waals surface area contributed by atoms with Crippen LogP contribution in [0.5, 0.6) is 5.75 Å². The first-order valence-corrected chi connectivity index (χ1v) is 7.47. The number of rotatable bonds is 6. The fourth-order valence-corrected chi connectivity index (χ4v) is 2.50. The van der Waals surface area contributed by atoms with Crippen LogP contribution in [0.3, 0.4) is 0 Å². The molecule has 1 aromatic carbocycles. The fraction of sp³-hybridized carbons (Fsp3) is 0.471. The van der Waals surface area contributed by atoms with Crippen LogP contribution in [0.4, 0.5) is 0 Å². The molecule has 2 N–H and O–H groups in total. The molecular formula is C17H25N3O. The van der Waals surface area contributed by atoms with Crippen LogP contribution in [0.15, 0.2) is 24.3 Å². The number of aromatic nitrogens is 2. The maximum atomic E-state index is 9.28. The highest BCUT2D eigenvalue weighted by molar-refractivity contribution is 5.26. The van der Waals surface area contributed by atoms with Gasteiger partial charge in [-0.2, -0.15) is 5.10 Å². The predicted molar refractivity (Wildman–Crippen MR) is 85.4 cm³/mol. The fourth-order valence-electron chi connectivity index (χ4n) is 2.50. The van der Waals surface area contributed by atoms with Crippen molar-refractivity contribution in [1.82, 2.24) is 15.1 Å². The molecule has 21 heavy (non-hydrogen) atoms. The molecule has 1 unspecified atom stereocenters. The van der Waals surface area contributed by atoms with E-state index in [1.165, 1.54) is 16.8 Å². The highest BCUT2D eigenvalue weighted by Crippen LogP contribution is 2.14. The Bertz CT molecular complexity index is 587. The number of nitrogens with zero attached hydrogens (tertiary/aromatic N) is 2. The van der Waals surface area contributed by atoms with Crippen LogP contribution in [0, 0.1) is 13.8 Å². The Morgan fingerprint density at radius 1 is 1.24 bits per heavy atom. The zero-order valence-electron chi connectivity index (χ0n) is 13.3. The Balaban J connectivity index is 1.82. The minimum atomic E-state index is 0.326. The summed E-state index contributed by atoms with van der Waals surface area (Å²) >= 11 is 0. The van der Waals surface area contributed by atoms with Crippen LogP contribution in [0.2, 0.25) is 0 Å². The molecule has 0 saturated carbocycles. The number of hydrogen-bond acceptors (Lipinski definition) is 3. The highest BCUT2D eigenvalue weighted by atomic mass is 16.3. The molecule has 0 spiro atoms. The summed E-state index contributed by atoms with van der Waals surface area (Å²) in [6.45, 7) is 7.24. The number of phenolic OH excluding ortho intramolecular Hbond substituents is 1. The second-order valence-corrected chi connectivity index (χ2v) is 5.76. The Morgan fingerprint density at radius 3 is 2.48 bits per heavy atom. The van der Waals surface area contributed by atoms with Gasteiger partial charge in [0.1, 0.15) is 5.75 Å². The number of aryl methyl sites for hydroxylation is 3. The van der Waals surface area contributed by atoms with Gasteiger partial charge in [-0.15, -0.1) is 0 Å². The molecule has 0 aliphatic rings. The maximum Gasteiger partial charge on any atom is 0.115 e. The molecule has 0 aliphatic carbocycles. The lowest BCUT2D eigenvalue weighted by Crippen LogP contribution is -2.26. The van der Waals surface area contributed by atoms with E-state index in [-0.39, 0.29) is 0 Å². The van der Waals surface area contributed by atoms with E-state index in [1.54, 1.807) is 12.1 Å². The van der Waals surface area contributed by atoms with Gasteiger partial charge in [0.05, 0.1) is 5.69 Å². The summed E-state index contributed by atoms with van der Waals surface area (Å²) in [5.41, 5.74) is 4.89. The first-order chi connectivity index (χ1) is 9.97. The van der Waals surface area contributed by atoms with Crippen LogP contribution >= 0.6 is 0 Å². The van der Waals surface area contributed by atoms with E-state index in [4.69, 9.17) is 0 Å². The molecule has 1 atom stereocenters. The summed E-state index contributed by atoms with van der Waals surface area (Å²) in [6.07, 6.45) is 2.09. The van der Waals surface area contributed by atoms with Crippen LogP contribution in [0.1, 0.15) is 35.9 Å². The van der Waals surface area contributed by atoms with Gasteiger partial charge < -0.3 is 10.4 Å². The lowest BCUT2D eigenvalue weighted by molar-refractivity contribution is 0.474. The average Bonchev–Trinajstić information content (AvgIpc) is 2.69. The van der Waals surface area contributed by atoms with Crippen LogP contribution in [-0.4, -0.2) is 20.9 Å². The zero-order valence-corrected chi connectivity index (χ0v) is 13.3. The highest BCUT2D eigenvalue weighted by Gasteiger charge is 2.10. The van der Waals surface area contributed by atoms with Gasteiger partial charge in [0.15, 0.2) is 0 Å². The Morgan fingerprint density at radius 2 is 1.90 bits per heavy atom. The smallest absolute Gasteiger partial charge is 0.115 e. The molecule has 0 radical (unpaired) electrons. The van der Waals surface area contributed by atoms with E-state index < -0.39 is 0 Å². The Kier molecular flexibility index (Phi) is 5.02. The number of nitrogens with one attached hydrogen (secondary N) is 1. The van der Waals surface area contributed by atoms with Crippen LogP contribution in [-0.2, 0) is 20.0 Å². The summed E-state index contributed by atoms with van der Waals surface area (Å²) < 4.78 is 1.94. The SMILES string of the molecule is Cc1nn(C)c(C)c1CNC(C)CCc1ccc(O)cc1. The van der Waals surface area contributed by atoms with E-state index in [1.807, 2.05) is 23.9 Å².